The third-order valence-electron chi connectivity index (χ3n) is 3.48. The zero-order chi connectivity index (χ0) is 15.4. The summed E-state index contributed by atoms with van der Waals surface area (Å²) < 4.78 is 1.70. The summed E-state index contributed by atoms with van der Waals surface area (Å²) in [5, 5.41) is 13.4. The van der Waals surface area contributed by atoms with Gasteiger partial charge in [-0.05, 0) is 38.0 Å². The fourth-order valence-corrected chi connectivity index (χ4v) is 2.38. The third-order valence-corrected chi connectivity index (χ3v) is 3.48. The van der Waals surface area contributed by atoms with Crippen LogP contribution in [0, 0.1) is 6.92 Å². The van der Waals surface area contributed by atoms with Crippen LogP contribution in [0.5, 0.6) is 5.75 Å². The SMILES string of the molecule is CCCn1cc(NC(C)c2ccc(C)cc2O)ccc1=O. The fraction of sp³-hybridized carbons (Fsp3) is 0.353. The van der Waals surface area contributed by atoms with E-state index in [0.29, 0.717) is 6.54 Å². The summed E-state index contributed by atoms with van der Waals surface area (Å²) in [6, 6.07) is 8.95. The van der Waals surface area contributed by atoms with E-state index in [0.717, 1.165) is 23.2 Å². The molecule has 112 valence electrons. The van der Waals surface area contributed by atoms with Gasteiger partial charge in [0.25, 0.3) is 5.56 Å². The molecular weight excluding hydrogens is 264 g/mol. The minimum Gasteiger partial charge on any atom is -0.508 e. The van der Waals surface area contributed by atoms with Crippen LogP contribution in [0.3, 0.4) is 0 Å². The molecule has 21 heavy (non-hydrogen) atoms. The normalized spacial score (nSPS) is 12.1. The minimum atomic E-state index is -0.0434. The molecule has 0 aliphatic rings. The maximum Gasteiger partial charge on any atom is 0.250 e. The summed E-state index contributed by atoms with van der Waals surface area (Å²) >= 11 is 0. The Kier molecular flexibility index (Phi) is 4.68. The molecule has 1 atom stereocenters. The maximum absolute atomic E-state index is 11.7. The first-order valence-electron chi connectivity index (χ1n) is 7.27. The molecule has 1 aromatic heterocycles. The van der Waals surface area contributed by atoms with Crippen molar-refractivity contribution in [2.45, 2.75) is 39.8 Å². The number of benzene rings is 1. The van der Waals surface area contributed by atoms with Crippen LogP contribution in [-0.4, -0.2) is 9.67 Å². The molecule has 0 bridgehead atoms. The molecule has 4 heteroatoms. The Hall–Kier alpha value is -2.23. The molecule has 0 aliphatic carbocycles. The third kappa shape index (κ3) is 3.66. The summed E-state index contributed by atoms with van der Waals surface area (Å²) in [6.07, 6.45) is 2.74. The molecule has 0 saturated heterocycles. The standard InChI is InChI=1S/C17H22N2O2/c1-4-9-19-11-14(6-8-17(19)21)18-13(3)15-7-5-12(2)10-16(15)20/h5-8,10-11,13,18,20H,4,9H2,1-3H3. The van der Waals surface area contributed by atoms with Gasteiger partial charge in [-0.3, -0.25) is 4.79 Å². The molecule has 0 saturated carbocycles. The molecule has 0 radical (unpaired) electrons. The van der Waals surface area contributed by atoms with Crippen molar-refractivity contribution in [2.24, 2.45) is 0 Å². The number of rotatable bonds is 5. The van der Waals surface area contributed by atoms with Crippen molar-refractivity contribution in [2.75, 3.05) is 5.32 Å². The number of hydrogen-bond donors (Lipinski definition) is 2. The van der Waals surface area contributed by atoms with Crippen molar-refractivity contribution in [1.82, 2.24) is 4.57 Å². The highest BCUT2D eigenvalue weighted by atomic mass is 16.3. The zero-order valence-electron chi connectivity index (χ0n) is 12.8. The highest BCUT2D eigenvalue weighted by Gasteiger charge is 2.10. The lowest BCUT2D eigenvalue weighted by Gasteiger charge is -2.18. The van der Waals surface area contributed by atoms with Gasteiger partial charge in [-0.15, -0.1) is 0 Å². The van der Waals surface area contributed by atoms with Gasteiger partial charge in [0.15, 0.2) is 0 Å². The molecule has 1 heterocycles. The summed E-state index contributed by atoms with van der Waals surface area (Å²) in [5.74, 6) is 0.289. The number of aromatic hydroxyl groups is 1. The van der Waals surface area contributed by atoms with Crippen molar-refractivity contribution in [3.63, 3.8) is 0 Å². The number of nitrogens with zero attached hydrogens (tertiary/aromatic N) is 1. The van der Waals surface area contributed by atoms with E-state index in [1.54, 1.807) is 22.8 Å². The number of pyridine rings is 1. The van der Waals surface area contributed by atoms with Crippen LogP contribution in [0.15, 0.2) is 41.3 Å². The average Bonchev–Trinajstić information content (AvgIpc) is 2.42. The fourth-order valence-electron chi connectivity index (χ4n) is 2.38. The van der Waals surface area contributed by atoms with Gasteiger partial charge in [0.1, 0.15) is 5.75 Å². The van der Waals surface area contributed by atoms with Crippen molar-refractivity contribution in [3.8, 4) is 5.75 Å². The van der Waals surface area contributed by atoms with E-state index in [2.05, 4.69) is 5.32 Å². The predicted octanol–water partition coefficient (Wildman–Crippen LogP) is 3.45. The molecule has 1 unspecified atom stereocenters. The number of nitrogens with one attached hydrogen (secondary N) is 1. The molecule has 0 fully saturated rings. The van der Waals surface area contributed by atoms with Gasteiger partial charge < -0.3 is 15.0 Å². The van der Waals surface area contributed by atoms with Gasteiger partial charge in [-0.2, -0.15) is 0 Å². The van der Waals surface area contributed by atoms with Crippen LogP contribution in [0.25, 0.3) is 0 Å². The van der Waals surface area contributed by atoms with Crippen LogP contribution in [-0.2, 0) is 6.54 Å². The molecular formula is C17H22N2O2. The van der Waals surface area contributed by atoms with E-state index in [4.69, 9.17) is 0 Å². The average molecular weight is 286 g/mol. The Labute approximate surface area is 125 Å². The molecule has 0 aliphatic heterocycles. The minimum absolute atomic E-state index is 0.00763. The number of aryl methyl sites for hydroxylation is 2. The van der Waals surface area contributed by atoms with Crippen LogP contribution >= 0.6 is 0 Å². The van der Waals surface area contributed by atoms with Crippen molar-refractivity contribution in [1.29, 1.82) is 0 Å². The Morgan fingerprint density at radius 1 is 1.29 bits per heavy atom. The largest absolute Gasteiger partial charge is 0.508 e. The smallest absolute Gasteiger partial charge is 0.250 e. The highest BCUT2D eigenvalue weighted by Crippen LogP contribution is 2.27. The second-order valence-electron chi connectivity index (χ2n) is 5.38. The van der Waals surface area contributed by atoms with Gasteiger partial charge in [-0.25, -0.2) is 0 Å². The predicted molar refractivity (Wildman–Crippen MR) is 85.9 cm³/mol. The van der Waals surface area contributed by atoms with E-state index in [9.17, 15) is 9.90 Å². The quantitative estimate of drug-likeness (QED) is 0.885. The number of hydrogen-bond acceptors (Lipinski definition) is 3. The van der Waals surface area contributed by atoms with Crippen LogP contribution in [0.4, 0.5) is 5.69 Å². The topological polar surface area (TPSA) is 54.3 Å². The molecule has 2 aromatic rings. The summed E-state index contributed by atoms with van der Waals surface area (Å²) in [6.45, 7) is 6.68. The number of anilines is 1. The van der Waals surface area contributed by atoms with Gasteiger partial charge >= 0.3 is 0 Å². The van der Waals surface area contributed by atoms with Crippen molar-refractivity contribution in [3.05, 3.63) is 58.0 Å². The van der Waals surface area contributed by atoms with E-state index >= 15 is 0 Å². The Bertz CT molecular complexity index is 677. The maximum atomic E-state index is 11.7. The highest BCUT2D eigenvalue weighted by molar-refractivity contribution is 5.46. The van der Waals surface area contributed by atoms with Gasteiger partial charge in [0.05, 0.1) is 11.7 Å². The zero-order valence-corrected chi connectivity index (χ0v) is 12.8. The van der Waals surface area contributed by atoms with Crippen LogP contribution < -0.4 is 10.9 Å². The van der Waals surface area contributed by atoms with E-state index in [-0.39, 0.29) is 17.4 Å². The first kappa shape index (κ1) is 15.2. The summed E-state index contributed by atoms with van der Waals surface area (Å²) in [7, 11) is 0. The van der Waals surface area contributed by atoms with Crippen molar-refractivity contribution < 1.29 is 5.11 Å². The van der Waals surface area contributed by atoms with E-state index in [1.807, 2.05) is 39.1 Å². The molecule has 2 rings (SSSR count). The summed E-state index contributed by atoms with van der Waals surface area (Å²) in [4.78, 5) is 11.7. The molecule has 0 spiro atoms. The molecule has 1 aromatic carbocycles. The Morgan fingerprint density at radius 2 is 2.05 bits per heavy atom. The van der Waals surface area contributed by atoms with Gasteiger partial charge in [0.2, 0.25) is 0 Å². The molecule has 4 nitrogen and oxygen atoms in total. The van der Waals surface area contributed by atoms with Gasteiger partial charge in [0, 0.05) is 24.4 Å². The van der Waals surface area contributed by atoms with Gasteiger partial charge in [-0.1, -0.05) is 19.1 Å². The first-order valence-corrected chi connectivity index (χ1v) is 7.27. The number of phenolic OH excluding ortho intramolecular Hbond substituents is 1. The second kappa shape index (κ2) is 6.48. The lowest BCUT2D eigenvalue weighted by molar-refractivity contribution is 0.465. The molecule has 2 N–H and O–H groups in total. The first-order chi connectivity index (χ1) is 10.0. The van der Waals surface area contributed by atoms with Crippen LogP contribution in [0.2, 0.25) is 0 Å². The lowest BCUT2D eigenvalue weighted by atomic mass is 10.0. The number of aromatic nitrogens is 1. The summed E-state index contributed by atoms with van der Waals surface area (Å²) in [5.41, 5.74) is 2.75. The van der Waals surface area contributed by atoms with E-state index < -0.39 is 0 Å². The Balaban J connectivity index is 2.21. The molecule has 0 amide bonds. The number of phenols is 1. The monoisotopic (exact) mass is 286 g/mol. The van der Waals surface area contributed by atoms with Crippen LogP contribution in [0.1, 0.15) is 37.4 Å². The second-order valence-corrected chi connectivity index (χ2v) is 5.38. The lowest BCUT2D eigenvalue weighted by Crippen LogP contribution is -2.19. The Morgan fingerprint density at radius 3 is 2.71 bits per heavy atom. The van der Waals surface area contributed by atoms with E-state index in [1.165, 1.54) is 0 Å². The van der Waals surface area contributed by atoms with Crippen molar-refractivity contribution >= 4 is 5.69 Å².